The SMILES string of the molecule is CN1CCC(SC2CCc3c(F)cccc32)C1=O. The fraction of sp³-hybridized carbons (Fsp3) is 0.500. The summed E-state index contributed by atoms with van der Waals surface area (Å²) in [5, 5.41) is 0.352. The summed E-state index contributed by atoms with van der Waals surface area (Å²) >= 11 is 1.72. The van der Waals surface area contributed by atoms with Gasteiger partial charge in [0.05, 0.1) is 5.25 Å². The Morgan fingerprint density at radius 2 is 2.17 bits per heavy atom. The molecule has 2 nitrogen and oxygen atoms in total. The molecule has 2 unspecified atom stereocenters. The highest BCUT2D eigenvalue weighted by Crippen LogP contribution is 2.45. The number of halogens is 1. The van der Waals surface area contributed by atoms with Crippen LogP contribution in [0.3, 0.4) is 0 Å². The van der Waals surface area contributed by atoms with Crippen molar-refractivity contribution in [2.24, 2.45) is 0 Å². The highest BCUT2D eigenvalue weighted by atomic mass is 32.2. The summed E-state index contributed by atoms with van der Waals surface area (Å²) in [7, 11) is 1.85. The smallest absolute Gasteiger partial charge is 0.235 e. The molecule has 1 aliphatic heterocycles. The van der Waals surface area contributed by atoms with E-state index in [9.17, 15) is 9.18 Å². The molecule has 96 valence electrons. The molecule has 1 heterocycles. The zero-order valence-electron chi connectivity index (χ0n) is 10.4. The van der Waals surface area contributed by atoms with Gasteiger partial charge in [0.15, 0.2) is 0 Å². The van der Waals surface area contributed by atoms with Crippen molar-refractivity contribution in [2.75, 3.05) is 13.6 Å². The predicted octanol–water partition coefficient (Wildman–Crippen LogP) is 2.78. The molecule has 18 heavy (non-hydrogen) atoms. The first kappa shape index (κ1) is 12.0. The number of carbonyl (C=O) groups is 1. The first-order valence-corrected chi connectivity index (χ1v) is 7.29. The van der Waals surface area contributed by atoms with Crippen molar-refractivity contribution in [3.05, 3.63) is 35.1 Å². The number of rotatable bonds is 2. The minimum absolute atomic E-state index is 0.0641. The van der Waals surface area contributed by atoms with Crippen molar-refractivity contribution in [1.82, 2.24) is 4.90 Å². The van der Waals surface area contributed by atoms with Crippen molar-refractivity contribution >= 4 is 17.7 Å². The van der Waals surface area contributed by atoms with Gasteiger partial charge in [0.1, 0.15) is 5.82 Å². The van der Waals surface area contributed by atoms with Crippen LogP contribution < -0.4 is 0 Å². The van der Waals surface area contributed by atoms with Crippen LogP contribution in [-0.2, 0) is 11.2 Å². The molecule has 2 aliphatic rings. The summed E-state index contributed by atoms with van der Waals surface area (Å²) in [6.45, 7) is 0.846. The van der Waals surface area contributed by atoms with Gasteiger partial charge in [-0.3, -0.25) is 4.79 Å². The Morgan fingerprint density at radius 3 is 2.89 bits per heavy atom. The molecule has 3 rings (SSSR count). The molecule has 1 amide bonds. The fourth-order valence-corrected chi connectivity index (χ4v) is 4.38. The van der Waals surface area contributed by atoms with E-state index in [1.165, 1.54) is 6.07 Å². The van der Waals surface area contributed by atoms with Crippen LogP contribution in [0.25, 0.3) is 0 Å². The Balaban J connectivity index is 1.77. The van der Waals surface area contributed by atoms with Gasteiger partial charge in [-0.25, -0.2) is 4.39 Å². The second-order valence-electron chi connectivity index (χ2n) is 5.01. The highest BCUT2D eigenvalue weighted by molar-refractivity contribution is 8.00. The molecule has 2 atom stereocenters. The van der Waals surface area contributed by atoms with Crippen molar-refractivity contribution in [1.29, 1.82) is 0 Å². The third-order valence-corrected chi connectivity index (χ3v) is 5.45. The molecule has 4 heteroatoms. The van der Waals surface area contributed by atoms with E-state index in [4.69, 9.17) is 0 Å². The Bertz CT molecular complexity index is 491. The van der Waals surface area contributed by atoms with E-state index < -0.39 is 0 Å². The Morgan fingerprint density at radius 1 is 1.33 bits per heavy atom. The van der Waals surface area contributed by atoms with E-state index in [0.29, 0.717) is 0 Å². The minimum Gasteiger partial charge on any atom is -0.345 e. The summed E-state index contributed by atoms with van der Waals surface area (Å²) in [6, 6.07) is 5.31. The minimum atomic E-state index is -0.0922. The summed E-state index contributed by atoms with van der Waals surface area (Å²) in [4.78, 5) is 13.7. The van der Waals surface area contributed by atoms with Crippen LogP contribution in [0.5, 0.6) is 0 Å². The van der Waals surface area contributed by atoms with Crippen molar-refractivity contribution in [3.8, 4) is 0 Å². The van der Waals surface area contributed by atoms with E-state index >= 15 is 0 Å². The number of benzene rings is 1. The summed E-state index contributed by atoms with van der Waals surface area (Å²) in [6.07, 6.45) is 2.67. The number of hydrogen-bond donors (Lipinski definition) is 0. The predicted molar refractivity (Wildman–Crippen MR) is 71.1 cm³/mol. The molecule has 0 N–H and O–H groups in total. The number of amides is 1. The second-order valence-corrected chi connectivity index (χ2v) is 6.42. The first-order chi connectivity index (χ1) is 8.66. The Labute approximate surface area is 111 Å². The molecular formula is C14H16FNOS. The van der Waals surface area contributed by atoms with Crippen molar-refractivity contribution in [3.63, 3.8) is 0 Å². The van der Waals surface area contributed by atoms with Crippen molar-refractivity contribution < 1.29 is 9.18 Å². The Kier molecular flexibility index (Phi) is 3.06. The number of thioether (sulfide) groups is 1. The maximum Gasteiger partial charge on any atom is 0.235 e. The van der Waals surface area contributed by atoms with Crippen LogP contribution >= 0.6 is 11.8 Å². The zero-order valence-corrected chi connectivity index (χ0v) is 11.2. The van der Waals surface area contributed by atoms with Gasteiger partial charge in [-0.15, -0.1) is 11.8 Å². The van der Waals surface area contributed by atoms with Crippen LogP contribution in [0.4, 0.5) is 4.39 Å². The topological polar surface area (TPSA) is 20.3 Å². The highest BCUT2D eigenvalue weighted by Gasteiger charge is 2.34. The van der Waals surface area contributed by atoms with Crippen LogP contribution in [0.1, 0.15) is 29.2 Å². The third-order valence-electron chi connectivity index (χ3n) is 3.87. The van der Waals surface area contributed by atoms with E-state index in [2.05, 4.69) is 0 Å². The average Bonchev–Trinajstić information content (AvgIpc) is 2.90. The molecule has 0 aromatic heterocycles. The zero-order chi connectivity index (χ0) is 12.7. The van der Waals surface area contributed by atoms with Gasteiger partial charge in [0.25, 0.3) is 0 Å². The quantitative estimate of drug-likeness (QED) is 0.819. The number of carbonyl (C=O) groups excluding carboxylic acids is 1. The first-order valence-electron chi connectivity index (χ1n) is 6.34. The lowest BCUT2D eigenvalue weighted by atomic mass is 10.1. The number of likely N-dealkylation sites (tertiary alicyclic amines) is 1. The number of hydrogen-bond acceptors (Lipinski definition) is 2. The van der Waals surface area contributed by atoms with Gasteiger partial charge < -0.3 is 4.90 Å². The van der Waals surface area contributed by atoms with Gasteiger partial charge in [0.2, 0.25) is 5.91 Å². The Hall–Kier alpha value is -1.03. The summed E-state index contributed by atoms with van der Waals surface area (Å²) in [5.74, 6) is 0.135. The third kappa shape index (κ3) is 1.92. The lowest BCUT2D eigenvalue weighted by molar-refractivity contribution is -0.126. The fourth-order valence-electron chi connectivity index (χ4n) is 2.83. The lowest BCUT2D eigenvalue weighted by Gasteiger charge is -2.16. The molecule has 1 aromatic carbocycles. The summed E-state index contributed by atoms with van der Waals surface area (Å²) < 4.78 is 13.6. The molecule has 1 fully saturated rings. The van der Waals surface area contributed by atoms with Crippen LogP contribution in [0.15, 0.2) is 18.2 Å². The molecule has 0 saturated carbocycles. The molecular weight excluding hydrogens is 249 g/mol. The van der Waals surface area contributed by atoms with E-state index in [0.717, 1.165) is 36.9 Å². The molecule has 0 spiro atoms. The molecule has 1 aliphatic carbocycles. The van der Waals surface area contributed by atoms with Gasteiger partial charge in [-0.05, 0) is 36.5 Å². The van der Waals surface area contributed by atoms with Crippen LogP contribution in [0, 0.1) is 5.82 Å². The lowest BCUT2D eigenvalue weighted by Crippen LogP contribution is -2.24. The van der Waals surface area contributed by atoms with Gasteiger partial charge in [0, 0.05) is 18.8 Å². The summed E-state index contributed by atoms with van der Waals surface area (Å²) in [5.41, 5.74) is 1.95. The normalized spacial score (nSPS) is 26.8. The molecule has 0 radical (unpaired) electrons. The van der Waals surface area contributed by atoms with Gasteiger partial charge in [-0.1, -0.05) is 12.1 Å². The average molecular weight is 265 g/mol. The molecule has 0 bridgehead atoms. The van der Waals surface area contributed by atoms with Crippen LogP contribution in [-0.4, -0.2) is 29.6 Å². The van der Waals surface area contributed by atoms with Gasteiger partial charge >= 0.3 is 0 Å². The second kappa shape index (κ2) is 4.57. The van der Waals surface area contributed by atoms with Crippen LogP contribution in [0.2, 0.25) is 0 Å². The number of nitrogens with zero attached hydrogens (tertiary/aromatic N) is 1. The van der Waals surface area contributed by atoms with E-state index in [1.807, 2.05) is 13.1 Å². The van der Waals surface area contributed by atoms with E-state index in [1.54, 1.807) is 22.7 Å². The maximum absolute atomic E-state index is 13.6. The molecule has 1 aromatic rings. The van der Waals surface area contributed by atoms with Gasteiger partial charge in [-0.2, -0.15) is 0 Å². The monoisotopic (exact) mass is 265 g/mol. The maximum atomic E-state index is 13.6. The largest absolute Gasteiger partial charge is 0.345 e. The van der Waals surface area contributed by atoms with E-state index in [-0.39, 0.29) is 22.2 Å². The standard InChI is InChI=1S/C14H16FNOS/c1-16-8-7-13(14(16)17)18-12-6-5-9-10(12)3-2-4-11(9)15/h2-4,12-13H,5-8H2,1H3. The number of fused-ring (bicyclic) bond motifs is 1. The molecule has 1 saturated heterocycles. The van der Waals surface area contributed by atoms with Crippen molar-refractivity contribution in [2.45, 2.75) is 29.8 Å².